The number of nitrogens with one attached hydrogen (secondary N) is 1. The van der Waals surface area contributed by atoms with E-state index in [1.54, 1.807) is 18.1 Å². The predicted octanol–water partition coefficient (Wildman–Crippen LogP) is 1.17. The SMILES string of the molecule is Cn1cnc(CNc2nc(Cl)ccc2C(=O)O)n1. The predicted molar refractivity (Wildman–Crippen MR) is 64.5 cm³/mol. The summed E-state index contributed by atoms with van der Waals surface area (Å²) < 4.78 is 1.56. The van der Waals surface area contributed by atoms with E-state index in [1.807, 2.05) is 0 Å². The highest BCUT2D eigenvalue weighted by Gasteiger charge is 2.12. The van der Waals surface area contributed by atoms with Crippen LogP contribution in [0.25, 0.3) is 0 Å². The molecule has 0 radical (unpaired) electrons. The number of carboxylic acid groups (broad SMARTS) is 1. The van der Waals surface area contributed by atoms with Crippen molar-refractivity contribution in [1.82, 2.24) is 19.7 Å². The smallest absolute Gasteiger partial charge is 0.339 e. The van der Waals surface area contributed by atoms with Crippen molar-refractivity contribution >= 4 is 23.4 Å². The number of pyridine rings is 1. The first kappa shape index (κ1) is 12.3. The molecule has 18 heavy (non-hydrogen) atoms. The number of hydrogen-bond acceptors (Lipinski definition) is 5. The fourth-order valence-corrected chi connectivity index (χ4v) is 1.52. The second kappa shape index (κ2) is 5.01. The molecule has 2 heterocycles. The quantitative estimate of drug-likeness (QED) is 0.808. The molecule has 2 aromatic rings. The van der Waals surface area contributed by atoms with Gasteiger partial charge in [-0.1, -0.05) is 11.6 Å². The molecule has 0 amide bonds. The van der Waals surface area contributed by atoms with E-state index in [1.165, 1.54) is 12.1 Å². The number of rotatable bonds is 4. The van der Waals surface area contributed by atoms with Crippen LogP contribution in [0.1, 0.15) is 16.2 Å². The Labute approximate surface area is 107 Å². The summed E-state index contributed by atoms with van der Waals surface area (Å²) in [5.74, 6) is -0.339. The zero-order valence-electron chi connectivity index (χ0n) is 9.46. The Morgan fingerprint density at radius 3 is 2.94 bits per heavy atom. The largest absolute Gasteiger partial charge is 0.478 e. The van der Waals surface area contributed by atoms with Crippen LogP contribution >= 0.6 is 11.6 Å². The second-order valence-electron chi connectivity index (χ2n) is 3.52. The van der Waals surface area contributed by atoms with Gasteiger partial charge >= 0.3 is 5.97 Å². The van der Waals surface area contributed by atoms with E-state index in [0.29, 0.717) is 5.82 Å². The summed E-state index contributed by atoms with van der Waals surface area (Å²) in [6, 6.07) is 2.82. The second-order valence-corrected chi connectivity index (χ2v) is 3.91. The summed E-state index contributed by atoms with van der Waals surface area (Å²) in [7, 11) is 1.75. The van der Waals surface area contributed by atoms with E-state index < -0.39 is 5.97 Å². The molecule has 0 aliphatic rings. The number of aromatic nitrogens is 4. The summed E-state index contributed by atoms with van der Waals surface area (Å²) >= 11 is 5.73. The van der Waals surface area contributed by atoms with Crippen LogP contribution in [0.15, 0.2) is 18.5 Å². The van der Waals surface area contributed by atoms with Gasteiger partial charge in [0.15, 0.2) is 5.82 Å². The normalized spacial score (nSPS) is 10.3. The van der Waals surface area contributed by atoms with Crippen molar-refractivity contribution in [2.75, 3.05) is 5.32 Å². The molecule has 0 bridgehead atoms. The van der Waals surface area contributed by atoms with E-state index >= 15 is 0 Å². The van der Waals surface area contributed by atoms with E-state index in [-0.39, 0.29) is 23.1 Å². The first-order chi connectivity index (χ1) is 8.56. The molecule has 0 aromatic carbocycles. The monoisotopic (exact) mass is 267 g/mol. The first-order valence-corrected chi connectivity index (χ1v) is 5.42. The number of anilines is 1. The molecule has 2 aromatic heterocycles. The molecule has 7 nitrogen and oxygen atoms in total. The van der Waals surface area contributed by atoms with Crippen LogP contribution in [0, 0.1) is 0 Å². The van der Waals surface area contributed by atoms with Gasteiger partial charge in [-0.2, -0.15) is 5.10 Å². The standard InChI is InChI=1S/C10H10ClN5O2/c1-16-5-13-8(15-16)4-12-9-6(10(17)18)2-3-7(11)14-9/h2-3,5H,4H2,1H3,(H,12,14)(H,17,18). The highest BCUT2D eigenvalue weighted by atomic mass is 35.5. The number of carbonyl (C=O) groups is 1. The van der Waals surface area contributed by atoms with Crippen molar-refractivity contribution < 1.29 is 9.90 Å². The lowest BCUT2D eigenvalue weighted by Crippen LogP contribution is -2.09. The van der Waals surface area contributed by atoms with Gasteiger partial charge in [0.25, 0.3) is 0 Å². The summed E-state index contributed by atoms with van der Waals surface area (Å²) in [6.07, 6.45) is 1.56. The Morgan fingerprint density at radius 2 is 2.33 bits per heavy atom. The summed E-state index contributed by atoms with van der Waals surface area (Å²) in [5.41, 5.74) is 0.0512. The Hall–Kier alpha value is -2.15. The molecule has 0 fully saturated rings. The minimum Gasteiger partial charge on any atom is -0.478 e. The minimum atomic E-state index is -1.07. The maximum absolute atomic E-state index is 11.0. The van der Waals surface area contributed by atoms with Gasteiger partial charge in [-0.3, -0.25) is 4.68 Å². The van der Waals surface area contributed by atoms with Crippen LogP contribution in [-0.4, -0.2) is 30.8 Å². The molecule has 0 spiro atoms. The molecule has 2 N–H and O–H groups in total. The molecule has 8 heteroatoms. The van der Waals surface area contributed by atoms with Crippen molar-refractivity contribution in [2.45, 2.75) is 6.54 Å². The maximum Gasteiger partial charge on any atom is 0.339 e. The van der Waals surface area contributed by atoms with E-state index in [4.69, 9.17) is 16.7 Å². The molecule has 0 saturated carbocycles. The molecule has 0 aliphatic carbocycles. The van der Waals surface area contributed by atoms with Gasteiger partial charge in [0.05, 0.1) is 6.54 Å². The molecule has 94 valence electrons. The van der Waals surface area contributed by atoms with Gasteiger partial charge in [0.1, 0.15) is 22.9 Å². The van der Waals surface area contributed by atoms with Crippen LogP contribution < -0.4 is 5.32 Å². The van der Waals surface area contributed by atoms with E-state index in [2.05, 4.69) is 20.4 Å². The van der Waals surface area contributed by atoms with Crippen molar-refractivity contribution in [1.29, 1.82) is 0 Å². The topological polar surface area (TPSA) is 92.9 Å². The molecule has 0 saturated heterocycles. The average molecular weight is 268 g/mol. The van der Waals surface area contributed by atoms with Crippen molar-refractivity contribution in [3.05, 3.63) is 35.0 Å². The lowest BCUT2D eigenvalue weighted by atomic mass is 10.2. The first-order valence-electron chi connectivity index (χ1n) is 5.04. The third-order valence-corrected chi connectivity index (χ3v) is 2.36. The molecule has 0 atom stereocenters. The lowest BCUT2D eigenvalue weighted by Gasteiger charge is -2.06. The Morgan fingerprint density at radius 1 is 1.56 bits per heavy atom. The lowest BCUT2D eigenvalue weighted by molar-refractivity contribution is 0.0697. The molecule has 0 aliphatic heterocycles. The summed E-state index contributed by atoms with van der Waals surface area (Å²) in [6.45, 7) is 0.272. The maximum atomic E-state index is 11.0. The van der Waals surface area contributed by atoms with Crippen LogP contribution in [0.5, 0.6) is 0 Å². The van der Waals surface area contributed by atoms with Crippen molar-refractivity contribution in [3.63, 3.8) is 0 Å². The van der Waals surface area contributed by atoms with Crippen molar-refractivity contribution in [2.24, 2.45) is 7.05 Å². The number of aromatic carboxylic acids is 1. The number of carboxylic acids is 1. The van der Waals surface area contributed by atoms with Crippen LogP contribution in [0.2, 0.25) is 5.15 Å². The molecular weight excluding hydrogens is 258 g/mol. The van der Waals surface area contributed by atoms with Crippen LogP contribution in [0.3, 0.4) is 0 Å². The third kappa shape index (κ3) is 2.75. The number of aryl methyl sites for hydroxylation is 1. The Balaban J connectivity index is 2.17. The van der Waals surface area contributed by atoms with Gasteiger partial charge in [-0.05, 0) is 12.1 Å². The van der Waals surface area contributed by atoms with Gasteiger partial charge in [0.2, 0.25) is 0 Å². The number of nitrogens with zero attached hydrogens (tertiary/aromatic N) is 4. The fraction of sp³-hybridized carbons (Fsp3) is 0.200. The van der Waals surface area contributed by atoms with Crippen LogP contribution in [-0.2, 0) is 13.6 Å². The van der Waals surface area contributed by atoms with E-state index in [0.717, 1.165) is 0 Å². The fourth-order valence-electron chi connectivity index (χ4n) is 1.37. The molecule has 0 unspecified atom stereocenters. The molecular formula is C10H10ClN5O2. The minimum absolute atomic E-state index is 0.0512. The van der Waals surface area contributed by atoms with Gasteiger partial charge in [-0.25, -0.2) is 14.8 Å². The summed E-state index contributed by atoms with van der Waals surface area (Å²) in [5, 5.41) is 16.1. The van der Waals surface area contributed by atoms with Gasteiger partial charge in [0, 0.05) is 7.05 Å². The molecule has 2 rings (SSSR count). The Kier molecular flexibility index (Phi) is 3.42. The third-order valence-electron chi connectivity index (χ3n) is 2.15. The number of hydrogen-bond donors (Lipinski definition) is 2. The van der Waals surface area contributed by atoms with Gasteiger partial charge < -0.3 is 10.4 Å². The zero-order valence-corrected chi connectivity index (χ0v) is 10.2. The van der Waals surface area contributed by atoms with Crippen molar-refractivity contribution in [3.8, 4) is 0 Å². The van der Waals surface area contributed by atoms with Crippen LogP contribution in [0.4, 0.5) is 5.82 Å². The zero-order chi connectivity index (χ0) is 13.1. The highest BCUT2D eigenvalue weighted by Crippen LogP contribution is 2.16. The highest BCUT2D eigenvalue weighted by molar-refractivity contribution is 6.29. The summed E-state index contributed by atoms with van der Waals surface area (Å²) in [4.78, 5) is 18.9. The average Bonchev–Trinajstić information content (AvgIpc) is 2.72. The number of halogens is 1. The Bertz CT molecular complexity index is 583. The van der Waals surface area contributed by atoms with E-state index in [9.17, 15) is 4.79 Å². The van der Waals surface area contributed by atoms with Gasteiger partial charge in [-0.15, -0.1) is 0 Å².